The summed E-state index contributed by atoms with van der Waals surface area (Å²) in [4.78, 5) is 34.9. The number of amides is 2. The molecule has 0 aliphatic carbocycles. The van der Waals surface area contributed by atoms with E-state index in [2.05, 4.69) is 27.3 Å². The number of alkyl carbamates (subject to hydrolysis) is 1. The first-order chi connectivity index (χ1) is 18.6. The van der Waals surface area contributed by atoms with Crippen molar-refractivity contribution < 1.29 is 19.1 Å². The second kappa shape index (κ2) is 11.1. The largest absolute Gasteiger partial charge is 0.444 e. The molecule has 3 saturated heterocycles. The van der Waals surface area contributed by atoms with Crippen LogP contribution in [0.4, 0.5) is 4.79 Å². The van der Waals surface area contributed by atoms with E-state index < -0.39 is 0 Å². The Labute approximate surface area is 222 Å². The van der Waals surface area contributed by atoms with Crippen molar-refractivity contribution in [2.24, 2.45) is 11.8 Å². The van der Waals surface area contributed by atoms with E-state index in [0.717, 1.165) is 67.6 Å². The van der Waals surface area contributed by atoms with Gasteiger partial charge in [0.1, 0.15) is 6.10 Å². The van der Waals surface area contributed by atoms with Crippen molar-refractivity contribution in [2.75, 3.05) is 45.9 Å². The van der Waals surface area contributed by atoms with Crippen molar-refractivity contribution in [1.82, 2.24) is 20.1 Å². The number of para-hydroxylation sites is 1. The highest BCUT2D eigenvalue weighted by molar-refractivity contribution is 6.06. The fourth-order valence-corrected chi connectivity index (χ4v) is 6.14. The van der Waals surface area contributed by atoms with Gasteiger partial charge >= 0.3 is 6.09 Å². The van der Waals surface area contributed by atoms with Gasteiger partial charge in [0, 0.05) is 50.7 Å². The molecule has 3 aliphatic rings. The van der Waals surface area contributed by atoms with Crippen molar-refractivity contribution in [3.8, 4) is 0 Å². The zero-order valence-corrected chi connectivity index (χ0v) is 21.5. The Hall–Kier alpha value is -3.49. The predicted molar refractivity (Wildman–Crippen MR) is 144 cm³/mol. The molecular weight excluding hydrogens is 480 g/mol. The number of hydrogen-bond acceptors (Lipinski definition) is 6. The van der Waals surface area contributed by atoms with E-state index >= 15 is 0 Å². The fourth-order valence-electron chi connectivity index (χ4n) is 6.14. The molecule has 8 heteroatoms. The molecule has 1 aromatic heterocycles. The van der Waals surface area contributed by atoms with Gasteiger partial charge in [-0.1, -0.05) is 48.5 Å². The van der Waals surface area contributed by atoms with Crippen LogP contribution in [-0.4, -0.2) is 78.8 Å². The third-order valence-electron chi connectivity index (χ3n) is 8.12. The number of rotatable bonds is 7. The summed E-state index contributed by atoms with van der Waals surface area (Å²) in [5.74, 6) is 1.05. The molecule has 4 atom stereocenters. The van der Waals surface area contributed by atoms with Crippen LogP contribution in [0.25, 0.3) is 10.9 Å². The lowest BCUT2D eigenvalue weighted by Gasteiger charge is -2.25. The highest BCUT2D eigenvalue weighted by Gasteiger charge is 2.42. The van der Waals surface area contributed by atoms with Crippen LogP contribution in [0.5, 0.6) is 0 Å². The van der Waals surface area contributed by atoms with Crippen LogP contribution in [0.1, 0.15) is 34.8 Å². The zero-order valence-electron chi connectivity index (χ0n) is 21.5. The van der Waals surface area contributed by atoms with Crippen molar-refractivity contribution >= 4 is 22.9 Å². The van der Waals surface area contributed by atoms with Gasteiger partial charge in [0.25, 0.3) is 5.91 Å². The van der Waals surface area contributed by atoms with Crippen molar-refractivity contribution in [1.29, 1.82) is 0 Å². The molecule has 6 rings (SSSR count). The molecule has 2 amide bonds. The molecule has 38 heavy (non-hydrogen) atoms. The smallest absolute Gasteiger partial charge is 0.407 e. The van der Waals surface area contributed by atoms with E-state index in [4.69, 9.17) is 9.47 Å². The molecule has 0 saturated carbocycles. The van der Waals surface area contributed by atoms with Gasteiger partial charge in [-0.25, -0.2) is 4.79 Å². The molecule has 8 nitrogen and oxygen atoms in total. The molecule has 1 N–H and O–H groups in total. The quantitative estimate of drug-likeness (QED) is 0.515. The Morgan fingerprint density at radius 2 is 1.76 bits per heavy atom. The number of ether oxygens (including phenoxy) is 2. The van der Waals surface area contributed by atoms with Crippen LogP contribution >= 0.6 is 0 Å². The van der Waals surface area contributed by atoms with Gasteiger partial charge in [0.15, 0.2) is 0 Å². The summed E-state index contributed by atoms with van der Waals surface area (Å²) in [6.45, 7) is 5.49. The standard InChI is InChI=1S/C30H34N4O4/c35-29(26-10-13-31-28-9-5-4-8-25(26)28)34-18-22-16-33(17-23(22)19-34)14-11-27(21-6-2-1-3-7-21)32-30(36)38-24-12-15-37-20-24/h1-10,13,22-24,27H,11-12,14-20H2,(H,32,36)/t22-,23?,24?,27?/m0/s1. The number of nitrogens with one attached hydrogen (secondary N) is 1. The van der Waals surface area contributed by atoms with Crippen LogP contribution in [-0.2, 0) is 9.47 Å². The number of likely N-dealkylation sites (tertiary alicyclic amines) is 2. The Balaban J connectivity index is 1.04. The van der Waals surface area contributed by atoms with Gasteiger partial charge in [-0.2, -0.15) is 0 Å². The van der Waals surface area contributed by atoms with E-state index in [1.807, 2.05) is 53.4 Å². The Morgan fingerprint density at radius 3 is 2.53 bits per heavy atom. The number of carbonyl (C=O) groups is 2. The summed E-state index contributed by atoms with van der Waals surface area (Å²) < 4.78 is 10.9. The molecule has 4 heterocycles. The number of aromatic nitrogens is 1. The summed E-state index contributed by atoms with van der Waals surface area (Å²) in [7, 11) is 0. The lowest BCUT2D eigenvalue weighted by atomic mass is 10.0. The lowest BCUT2D eigenvalue weighted by Crippen LogP contribution is -2.36. The first-order valence-electron chi connectivity index (χ1n) is 13.6. The Bertz CT molecular complexity index is 1260. The third kappa shape index (κ3) is 5.37. The molecule has 3 aromatic rings. The number of benzene rings is 2. The summed E-state index contributed by atoms with van der Waals surface area (Å²) >= 11 is 0. The monoisotopic (exact) mass is 514 g/mol. The molecule has 0 spiro atoms. The second-order valence-corrected chi connectivity index (χ2v) is 10.7. The molecule has 0 bridgehead atoms. The summed E-state index contributed by atoms with van der Waals surface area (Å²) in [5.41, 5.74) is 2.67. The number of carbonyl (C=O) groups excluding carboxylic acids is 2. The molecular formula is C30H34N4O4. The molecule has 3 unspecified atom stereocenters. The average Bonchev–Trinajstić information content (AvgIpc) is 3.68. The highest BCUT2D eigenvalue weighted by Crippen LogP contribution is 2.33. The van der Waals surface area contributed by atoms with Crippen LogP contribution in [0, 0.1) is 11.8 Å². The lowest BCUT2D eigenvalue weighted by molar-refractivity contribution is 0.0775. The second-order valence-electron chi connectivity index (χ2n) is 10.7. The van der Waals surface area contributed by atoms with Gasteiger partial charge in [-0.3, -0.25) is 9.78 Å². The van der Waals surface area contributed by atoms with E-state index in [0.29, 0.717) is 25.0 Å². The maximum absolute atomic E-state index is 13.4. The van der Waals surface area contributed by atoms with Crippen molar-refractivity contribution in [2.45, 2.75) is 25.0 Å². The Kier molecular flexibility index (Phi) is 7.25. The summed E-state index contributed by atoms with van der Waals surface area (Å²) in [5, 5.41) is 4.00. The van der Waals surface area contributed by atoms with E-state index in [-0.39, 0.29) is 24.1 Å². The van der Waals surface area contributed by atoms with Gasteiger partial charge in [0.05, 0.1) is 30.3 Å². The number of pyridine rings is 1. The SMILES string of the molecule is O=C(NC(CCN1CC2CN(C(=O)c3ccnc4ccccc34)C[C@@H]2C1)c1ccccc1)OC1CCOC1. The summed E-state index contributed by atoms with van der Waals surface area (Å²) in [6, 6.07) is 19.6. The van der Waals surface area contributed by atoms with Crippen LogP contribution < -0.4 is 5.32 Å². The van der Waals surface area contributed by atoms with Gasteiger partial charge in [-0.15, -0.1) is 0 Å². The highest BCUT2D eigenvalue weighted by atomic mass is 16.6. The maximum atomic E-state index is 13.4. The summed E-state index contributed by atoms with van der Waals surface area (Å²) in [6.07, 6.45) is 2.72. The first kappa shape index (κ1) is 24.8. The van der Waals surface area contributed by atoms with Crippen molar-refractivity contribution in [3.05, 3.63) is 78.0 Å². The number of fused-ring (bicyclic) bond motifs is 2. The predicted octanol–water partition coefficient (Wildman–Crippen LogP) is 3.89. The molecule has 2 aromatic carbocycles. The Morgan fingerprint density at radius 1 is 1.00 bits per heavy atom. The van der Waals surface area contributed by atoms with Crippen LogP contribution in [0.2, 0.25) is 0 Å². The zero-order chi connectivity index (χ0) is 25.9. The maximum Gasteiger partial charge on any atom is 0.407 e. The van der Waals surface area contributed by atoms with Gasteiger partial charge in [-0.05, 0) is 36.0 Å². The molecule has 3 aliphatic heterocycles. The number of nitrogens with zero attached hydrogens (tertiary/aromatic N) is 3. The fraction of sp³-hybridized carbons (Fsp3) is 0.433. The van der Waals surface area contributed by atoms with Gasteiger partial charge < -0.3 is 24.6 Å². The average molecular weight is 515 g/mol. The van der Waals surface area contributed by atoms with Gasteiger partial charge in [0.2, 0.25) is 0 Å². The molecule has 0 radical (unpaired) electrons. The number of hydrogen-bond donors (Lipinski definition) is 1. The van der Waals surface area contributed by atoms with Crippen LogP contribution in [0.15, 0.2) is 66.9 Å². The third-order valence-corrected chi connectivity index (χ3v) is 8.12. The normalized spacial score (nSPS) is 23.9. The van der Waals surface area contributed by atoms with E-state index in [1.54, 1.807) is 6.20 Å². The molecule has 198 valence electrons. The molecule has 3 fully saturated rings. The minimum absolute atomic E-state index is 0.101. The van der Waals surface area contributed by atoms with E-state index in [9.17, 15) is 9.59 Å². The van der Waals surface area contributed by atoms with E-state index in [1.165, 1.54) is 0 Å². The topological polar surface area (TPSA) is 84.0 Å². The van der Waals surface area contributed by atoms with Crippen molar-refractivity contribution in [3.63, 3.8) is 0 Å². The first-order valence-corrected chi connectivity index (χ1v) is 13.6. The minimum Gasteiger partial charge on any atom is -0.444 e. The van der Waals surface area contributed by atoms with Crippen LogP contribution in [0.3, 0.4) is 0 Å². The minimum atomic E-state index is -0.384.